The second-order valence-electron chi connectivity index (χ2n) is 4.77. The van der Waals surface area contributed by atoms with E-state index >= 15 is 0 Å². The molecule has 0 aliphatic heterocycles. The summed E-state index contributed by atoms with van der Waals surface area (Å²) in [5.41, 5.74) is 1.47. The lowest BCUT2D eigenvalue weighted by Crippen LogP contribution is -2.34. The average Bonchev–Trinajstić information content (AvgIpc) is 2.93. The first-order valence-electron chi connectivity index (χ1n) is 6.82. The van der Waals surface area contributed by atoms with E-state index in [1.54, 1.807) is 23.5 Å². The van der Waals surface area contributed by atoms with Crippen LogP contribution in [0, 0.1) is 0 Å². The van der Waals surface area contributed by atoms with E-state index < -0.39 is 0 Å². The van der Waals surface area contributed by atoms with Crippen molar-refractivity contribution in [3.8, 4) is 0 Å². The van der Waals surface area contributed by atoms with Crippen molar-refractivity contribution in [1.82, 2.24) is 10.3 Å². The molecular formula is C15H18ClN3OS. The van der Waals surface area contributed by atoms with Gasteiger partial charge in [0.1, 0.15) is 11.5 Å². The van der Waals surface area contributed by atoms with E-state index in [9.17, 15) is 4.79 Å². The Balaban J connectivity index is 2.03. The van der Waals surface area contributed by atoms with E-state index in [1.165, 1.54) is 5.56 Å². The van der Waals surface area contributed by atoms with Crippen LogP contribution < -0.4 is 10.6 Å². The van der Waals surface area contributed by atoms with Crippen molar-refractivity contribution in [2.45, 2.75) is 26.3 Å². The molecule has 112 valence electrons. The second-order valence-corrected chi connectivity index (χ2v) is 5.95. The summed E-state index contributed by atoms with van der Waals surface area (Å²) in [6.45, 7) is 4.68. The molecule has 0 bridgehead atoms. The van der Waals surface area contributed by atoms with Crippen LogP contribution in [0.4, 0.5) is 5.82 Å². The number of hydrogen-bond donors (Lipinski definition) is 2. The Morgan fingerprint density at radius 2 is 2.24 bits per heavy atom. The number of nitrogens with one attached hydrogen (secondary N) is 2. The number of anilines is 1. The van der Waals surface area contributed by atoms with Gasteiger partial charge in [0.2, 0.25) is 0 Å². The molecule has 4 nitrogen and oxygen atoms in total. The zero-order chi connectivity index (χ0) is 15.2. The van der Waals surface area contributed by atoms with Gasteiger partial charge in [0.25, 0.3) is 5.91 Å². The highest BCUT2D eigenvalue weighted by Gasteiger charge is 2.16. The van der Waals surface area contributed by atoms with Crippen molar-refractivity contribution >= 4 is 34.7 Å². The van der Waals surface area contributed by atoms with Crippen molar-refractivity contribution in [2.24, 2.45) is 0 Å². The molecule has 1 atom stereocenters. The van der Waals surface area contributed by atoms with E-state index in [-0.39, 0.29) is 17.6 Å². The molecule has 0 aliphatic rings. The average molecular weight is 324 g/mol. The monoisotopic (exact) mass is 323 g/mol. The van der Waals surface area contributed by atoms with E-state index in [4.69, 9.17) is 11.6 Å². The van der Waals surface area contributed by atoms with Gasteiger partial charge in [-0.3, -0.25) is 4.79 Å². The van der Waals surface area contributed by atoms with E-state index in [0.29, 0.717) is 10.8 Å². The smallest absolute Gasteiger partial charge is 0.271 e. The summed E-state index contributed by atoms with van der Waals surface area (Å²) in [5, 5.41) is 10.5. The lowest BCUT2D eigenvalue weighted by molar-refractivity contribution is 0.0935. The third kappa shape index (κ3) is 4.44. The predicted octanol–water partition coefficient (Wildman–Crippen LogP) is 3.59. The predicted molar refractivity (Wildman–Crippen MR) is 88.4 cm³/mol. The number of thiophene rings is 1. The fourth-order valence-corrected chi connectivity index (χ4v) is 2.86. The van der Waals surface area contributed by atoms with Crippen LogP contribution in [0.3, 0.4) is 0 Å². The van der Waals surface area contributed by atoms with Crippen LogP contribution >= 0.6 is 22.9 Å². The van der Waals surface area contributed by atoms with Gasteiger partial charge >= 0.3 is 0 Å². The molecule has 2 aromatic rings. The molecule has 2 heterocycles. The molecule has 0 spiro atoms. The molecular weight excluding hydrogens is 306 g/mol. The molecule has 0 aromatic carbocycles. The van der Waals surface area contributed by atoms with Gasteiger partial charge in [-0.15, -0.1) is 0 Å². The van der Waals surface area contributed by atoms with E-state index in [2.05, 4.69) is 27.1 Å². The normalized spacial score (nSPS) is 12.0. The Morgan fingerprint density at radius 1 is 1.43 bits per heavy atom. The number of halogens is 1. The topological polar surface area (TPSA) is 54.0 Å². The van der Waals surface area contributed by atoms with Crippen LogP contribution in [0.2, 0.25) is 5.02 Å². The summed E-state index contributed by atoms with van der Waals surface area (Å²) in [6.07, 6.45) is 0.791. The molecule has 1 unspecified atom stereocenters. The molecule has 0 saturated heterocycles. The first-order chi connectivity index (χ1) is 10.1. The maximum Gasteiger partial charge on any atom is 0.271 e. The standard InChI is InChI=1S/C15H18ClN3OS/c1-3-17-13-5-4-12(16)14(19-13)15(20)18-10(2)8-11-6-7-21-9-11/h4-7,9-10H,3,8H2,1-2H3,(H,17,19)(H,18,20). The molecule has 6 heteroatoms. The van der Waals surface area contributed by atoms with Crippen LogP contribution in [0.25, 0.3) is 0 Å². The maximum atomic E-state index is 12.3. The van der Waals surface area contributed by atoms with Gasteiger partial charge in [-0.25, -0.2) is 4.98 Å². The quantitative estimate of drug-likeness (QED) is 0.854. The Hall–Kier alpha value is -1.59. The highest BCUT2D eigenvalue weighted by molar-refractivity contribution is 7.07. The first kappa shape index (κ1) is 15.8. The number of rotatable bonds is 6. The minimum Gasteiger partial charge on any atom is -0.370 e. The van der Waals surface area contributed by atoms with Crippen LogP contribution in [0.15, 0.2) is 29.0 Å². The highest BCUT2D eigenvalue weighted by Crippen LogP contribution is 2.17. The summed E-state index contributed by atoms with van der Waals surface area (Å²) in [5.74, 6) is 0.403. The van der Waals surface area contributed by atoms with E-state index in [1.807, 2.05) is 19.2 Å². The number of nitrogens with zero attached hydrogens (tertiary/aromatic N) is 1. The molecule has 0 aliphatic carbocycles. The zero-order valence-corrected chi connectivity index (χ0v) is 13.6. The molecule has 0 fully saturated rings. The van der Waals surface area contributed by atoms with E-state index in [0.717, 1.165) is 13.0 Å². The lowest BCUT2D eigenvalue weighted by atomic mass is 10.1. The number of carbonyl (C=O) groups is 1. The Bertz CT molecular complexity index is 601. The molecule has 2 N–H and O–H groups in total. The first-order valence-corrected chi connectivity index (χ1v) is 8.14. The van der Waals surface area contributed by atoms with Gasteiger partial charge in [0, 0.05) is 12.6 Å². The number of pyridine rings is 1. The molecule has 0 radical (unpaired) electrons. The zero-order valence-electron chi connectivity index (χ0n) is 12.0. The highest BCUT2D eigenvalue weighted by atomic mass is 35.5. The maximum absolute atomic E-state index is 12.3. The number of carbonyl (C=O) groups excluding carboxylic acids is 1. The van der Waals surface area contributed by atoms with Crippen LogP contribution in [0.1, 0.15) is 29.9 Å². The number of aromatic nitrogens is 1. The largest absolute Gasteiger partial charge is 0.370 e. The Labute approximate surface area is 133 Å². The lowest BCUT2D eigenvalue weighted by Gasteiger charge is -2.14. The van der Waals surface area contributed by atoms with Crippen LogP contribution in [-0.2, 0) is 6.42 Å². The SMILES string of the molecule is CCNc1ccc(Cl)c(C(=O)NC(C)Cc2ccsc2)n1. The number of amides is 1. The fraction of sp³-hybridized carbons (Fsp3) is 0.333. The second kappa shape index (κ2) is 7.43. The Kier molecular flexibility index (Phi) is 5.59. The Morgan fingerprint density at radius 3 is 2.90 bits per heavy atom. The summed E-state index contributed by atoms with van der Waals surface area (Å²) in [6, 6.07) is 5.53. The number of hydrogen-bond acceptors (Lipinski definition) is 4. The third-order valence-corrected chi connectivity index (χ3v) is 3.96. The summed E-state index contributed by atoms with van der Waals surface area (Å²) < 4.78 is 0. The molecule has 2 rings (SSSR count). The van der Waals surface area contributed by atoms with Crippen molar-refractivity contribution in [3.05, 3.63) is 45.2 Å². The minimum absolute atomic E-state index is 0.0211. The van der Waals surface area contributed by atoms with Gasteiger partial charge in [0.05, 0.1) is 5.02 Å². The van der Waals surface area contributed by atoms with Gasteiger partial charge < -0.3 is 10.6 Å². The van der Waals surface area contributed by atoms with Crippen LogP contribution in [0.5, 0.6) is 0 Å². The van der Waals surface area contributed by atoms with Gasteiger partial charge in [-0.1, -0.05) is 11.6 Å². The van der Waals surface area contributed by atoms with Crippen LogP contribution in [-0.4, -0.2) is 23.5 Å². The fourth-order valence-electron chi connectivity index (χ4n) is 1.99. The van der Waals surface area contributed by atoms with Crippen molar-refractivity contribution < 1.29 is 4.79 Å². The van der Waals surface area contributed by atoms with Crippen molar-refractivity contribution in [1.29, 1.82) is 0 Å². The van der Waals surface area contributed by atoms with Gasteiger partial charge in [0.15, 0.2) is 0 Å². The summed E-state index contributed by atoms with van der Waals surface area (Å²) in [4.78, 5) is 16.5. The van der Waals surface area contributed by atoms with Gasteiger partial charge in [-0.2, -0.15) is 11.3 Å². The molecule has 1 amide bonds. The summed E-state index contributed by atoms with van der Waals surface area (Å²) >= 11 is 7.72. The minimum atomic E-state index is -0.248. The molecule has 2 aromatic heterocycles. The van der Waals surface area contributed by atoms with Gasteiger partial charge in [-0.05, 0) is 54.8 Å². The molecule has 0 saturated carbocycles. The van der Waals surface area contributed by atoms with Crippen molar-refractivity contribution in [3.63, 3.8) is 0 Å². The summed E-state index contributed by atoms with van der Waals surface area (Å²) in [7, 11) is 0. The molecule has 21 heavy (non-hydrogen) atoms. The van der Waals surface area contributed by atoms with Crippen molar-refractivity contribution in [2.75, 3.05) is 11.9 Å². The third-order valence-electron chi connectivity index (χ3n) is 2.92.